The van der Waals surface area contributed by atoms with Gasteiger partial charge in [0.15, 0.2) is 5.78 Å². The number of carbonyl (C=O) groups excluding carboxylic acids is 2. The topological polar surface area (TPSA) is 49.9 Å². The summed E-state index contributed by atoms with van der Waals surface area (Å²) < 4.78 is 5.70. The smallest absolute Gasteiger partial charge is 0.223 e. The van der Waals surface area contributed by atoms with E-state index < -0.39 is 0 Å². The highest BCUT2D eigenvalue weighted by Crippen LogP contribution is 2.16. The zero-order chi connectivity index (χ0) is 20.6. The molecule has 1 saturated heterocycles. The Morgan fingerprint density at radius 1 is 1.03 bits per heavy atom. The molecule has 3 rings (SSSR count). The quantitative estimate of drug-likeness (QED) is 0.505. The van der Waals surface area contributed by atoms with Gasteiger partial charge in [-0.2, -0.15) is 0 Å². The van der Waals surface area contributed by atoms with Gasteiger partial charge in [-0.1, -0.05) is 30.3 Å². The van der Waals surface area contributed by atoms with Crippen molar-refractivity contribution in [1.82, 2.24) is 9.80 Å². The minimum absolute atomic E-state index is 0.0418. The molecule has 1 aliphatic heterocycles. The van der Waals surface area contributed by atoms with E-state index in [9.17, 15) is 9.59 Å². The molecular weight excluding hydrogens is 364 g/mol. The Labute approximate surface area is 173 Å². The number of ketones is 1. The lowest BCUT2D eigenvalue weighted by Crippen LogP contribution is -2.53. The Hall–Kier alpha value is -2.66. The monoisotopic (exact) mass is 394 g/mol. The lowest BCUT2D eigenvalue weighted by molar-refractivity contribution is -0.136. The number of ether oxygens (including phenoxy) is 1. The first kappa shape index (κ1) is 21.1. The molecule has 0 spiro atoms. The van der Waals surface area contributed by atoms with Crippen molar-refractivity contribution in [2.75, 3.05) is 26.2 Å². The second-order valence-corrected chi connectivity index (χ2v) is 7.69. The van der Waals surface area contributed by atoms with Crippen LogP contribution < -0.4 is 4.74 Å². The number of amides is 1. The summed E-state index contributed by atoms with van der Waals surface area (Å²) in [6.07, 6.45) is 1.18. The van der Waals surface area contributed by atoms with Crippen LogP contribution in [0.15, 0.2) is 54.6 Å². The second kappa shape index (κ2) is 10.2. The van der Waals surface area contributed by atoms with Crippen LogP contribution in [0.4, 0.5) is 0 Å². The summed E-state index contributed by atoms with van der Waals surface area (Å²) in [5, 5.41) is 0. The van der Waals surface area contributed by atoms with E-state index >= 15 is 0 Å². The van der Waals surface area contributed by atoms with Crippen LogP contribution in [0.3, 0.4) is 0 Å². The summed E-state index contributed by atoms with van der Waals surface area (Å²) in [4.78, 5) is 28.3. The Kier molecular flexibility index (Phi) is 7.42. The fourth-order valence-electron chi connectivity index (χ4n) is 3.73. The van der Waals surface area contributed by atoms with E-state index in [4.69, 9.17) is 4.74 Å². The highest BCUT2D eigenvalue weighted by Gasteiger charge is 2.26. The van der Waals surface area contributed by atoms with Gasteiger partial charge >= 0.3 is 0 Å². The highest BCUT2D eigenvalue weighted by molar-refractivity contribution is 5.94. The molecule has 0 radical (unpaired) electrons. The first-order valence-electron chi connectivity index (χ1n) is 10.3. The molecule has 29 heavy (non-hydrogen) atoms. The second-order valence-electron chi connectivity index (χ2n) is 7.69. The molecule has 1 unspecified atom stereocenters. The molecule has 5 nitrogen and oxygen atoms in total. The number of benzene rings is 2. The van der Waals surface area contributed by atoms with E-state index in [1.807, 2.05) is 11.0 Å². The van der Waals surface area contributed by atoms with Crippen molar-refractivity contribution < 1.29 is 14.3 Å². The van der Waals surface area contributed by atoms with Gasteiger partial charge in [-0.05, 0) is 50.1 Å². The van der Waals surface area contributed by atoms with Gasteiger partial charge in [-0.3, -0.25) is 14.5 Å². The molecule has 5 heteroatoms. The predicted octanol–water partition coefficient (Wildman–Crippen LogP) is 3.78. The minimum atomic E-state index is 0.0418. The van der Waals surface area contributed by atoms with Crippen molar-refractivity contribution in [3.8, 4) is 5.75 Å². The van der Waals surface area contributed by atoms with Crippen LogP contribution in [0.25, 0.3) is 0 Å². The van der Waals surface area contributed by atoms with Gasteiger partial charge in [0, 0.05) is 44.2 Å². The van der Waals surface area contributed by atoms with Crippen molar-refractivity contribution in [3.63, 3.8) is 0 Å². The zero-order valence-corrected chi connectivity index (χ0v) is 17.3. The molecule has 2 aromatic carbocycles. The van der Waals surface area contributed by atoms with Crippen molar-refractivity contribution in [2.45, 2.75) is 39.3 Å². The molecule has 0 bridgehead atoms. The number of nitrogens with zero attached hydrogens (tertiary/aromatic N) is 2. The molecule has 2 aromatic rings. The number of carbonyl (C=O) groups is 2. The van der Waals surface area contributed by atoms with Crippen LogP contribution in [0.5, 0.6) is 5.75 Å². The van der Waals surface area contributed by atoms with Crippen molar-refractivity contribution in [1.29, 1.82) is 0 Å². The van der Waals surface area contributed by atoms with Crippen LogP contribution in [-0.2, 0) is 11.3 Å². The predicted molar refractivity (Wildman–Crippen MR) is 114 cm³/mol. The fraction of sp³-hybridized carbons (Fsp3) is 0.417. The third-order valence-corrected chi connectivity index (χ3v) is 5.35. The van der Waals surface area contributed by atoms with E-state index in [2.05, 4.69) is 36.1 Å². The first-order chi connectivity index (χ1) is 14.0. The maximum Gasteiger partial charge on any atom is 0.223 e. The van der Waals surface area contributed by atoms with Crippen LogP contribution >= 0.6 is 0 Å². The number of hydrogen-bond donors (Lipinski definition) is 0. The zero-order valence-electron chi connectivity index (χ0n) is 17.3. The molecule has 0 saturated carbocycles. The van der Waals surface area contributed by atoms with E-state index in [0.717, 1.165) is 31.9 Å². The van der Waals surface area contributed by atoms with Crippen LogP contribution in [0, 0.1) is 0 Å². The van der Waals surface area contributed by atoms with E-state index in [-0.39, 0.29) is 17.7 Å². The third-order valence-electron chi connectivity index (χ3n) is 5.35. The average molecular weight is 395 g/mol. The lowest BCUT2D eigenvalue weighted by atomic mass is 10.1. The molecule has 1 aliphatic rings. The van der Waals surface area contributed by atoms with Crippen molar-refractivity contribution in [3.05, 3.63) is 65.7 Å². The van der Waals surface area contributed by atoms with Gasteiger partial charge in [0.1, 0.15) is 5.75 Å². The highest BCUT2D eigenvalue weighted by atomic mass is 16.5. The molecule has 0 aliphatic carbocycles. The number of Topliss-reactive ketones (excluding diaryl/α,β-unsaturated/α-hetero) is 1. The van der Waals surface area contributed by atoms with Crippen molar-refractivity contribution >= 4 is 11.7 Å². The molecule has 1 amide bonds. The molecule has 1 heterocycles. The minimum Gasteiger partial charge on any atom is -0.494 e. The maximum absolute atomic E-state index is 12.6. The Bertz CT molecular complexity index is 805. The van der Waals surface area contributed by atoms with Gasteiger partial charge in [0.2, 0.25) is 5.91 Å². The fourth-order valence-corrected chi connectivity index (χ4v) is 3.73. The largest absolute Gasteiger partial charge is 0.494 e. The molecule has 154 valence electrons. The van der Waals surface area contributed by atoms with Crippen LogP contribution in [0.2, 0.25) is 0 Å². The summed E-state index contributed by atoms with van der Waals surface area (Å²) in [5.41, 5.74) is 1.99. The van der Waals surface area contributed by atoms with Crippen LogP contribution in [-0.4, -0.2) is 53.8 Å². The standard InChI is InChI=1S/C24H30N2O3/c1-19-17-25(18-21-7-4-3-5-8-21)14-15-26(19)24(28)9-6-16-29-23-12-10-22(11-13-23)20(2)27/h3-5,7-8,10-13,19H,6,9,14-18H2,1-2H3. The normalized spacial score (nSPS) is 17.2. The lowest BCUT2D eigenvalue weighted by Gasteiger charge is -2.40. The first-order valence-corrected chi connectivity index (χ1v) is 10.3. The Morgan fingerprint density at radius 2 is 1.76 bits per heavy atom. The summed E-state index contributed by atoms with van der Waals surface area (Å²) in [7, 11) is 0. The summed E-state index contributed by atoms with van der Waals surface area (Å²) >= 11 is 0. The van der Waals surface area contributed by atoms with E-state index in [0.29, 0.717) is 25.0 Å². The SMILES string of the molecule is CC(=O)c1ccc(OCCCC(=O)N2CCN(Cc3ccccc3)CC2C)cc1. The summed E-state index contributed by atoms with van der Waals surface area (Å²) in [6, 6.07) is 17.8. The molecule has 0 aromatic heterocycles. The molecular formula is C24H30N2O3. The molecule has 0 N–H and O–H groups in total. The number of hydrogen-bond acceptors (Lipinski definition) is 4. The van der Waals surface area contributed by atoms with Gasteiger partial charge in [0.05, 0.1) is 6.61 Å². The third kappa shape index (κ3) is 6.16. The molecule has 1 fully saturated rings. The van der Waals surface area contributed by atoms with Crippen LogP contribution in [0.1, 0.15) is 42.6 Å². The summed E-state index contributed by atoms with van der Waals surface area (Å²) in [6.45, 7) is 7.69. The Balaban J connectivity index is 1.38. The number of rotatable bonds is 8. The molecule has 1 atom stereocenters. The van der Waals surface area contributed by atoms with Crippen molar-refractivity contribution in [2.24, 2.45) is 0 Å². The van der Waals surface area contributed by atoms with Gasteiger partial charge in [-0.25, -0.2) is 0 Å². The van der Waals surface area contributed by atoms with Gasteiger partial charge in [-0.15, -0.1) is 0 Å². The van der Waals surface area contributed by atoms with Gasteiger partial charge < -0.3 is 9.64 Å². The van der Waals surface area contributed by atoms with E-state index in [1.165, 1.54) is 5.56 Å². The Morgan fingerprint density at radius 3 is 2.41 bits per heavy atom. The summed E-state index contributed by atoms with van der Waals surface area (Å²) in [5.74, 6) is 0.970. The average Bonchev–Trinajstić information content (AvgIpc) is 2.72. The number of piperazine rings is 1. The van der Waals surface area contributed by atoms with Gasteiger partial charge in [0.25, 0.3) is 0 Å². The maximum atomic E-state index is 12.6. The van der Waals surface area contributed by atoms with E-state index in [1.54, 1.807) is 31.2 Å².